The van der Waals surface area contributed by atoms with E-state index in [1.54, 1.807) is 12.1 Å². The molecule has 0 heterocycles. The summed E-state index contributed by atoms with van der Waals surface area (Å²) in [6.07, 6.45) is -1.69. The summed E-state index contributed by atoms with van der Waals surface area (Å²) in [4.78, 5) is 11.9. The molecule has 0 aliphatic rings. The van der Waals surface area contributed by atoms with Gasteiger partial charge < -0.3 is 14.9 Å². The highest BCUT2D eigenvalue weighted by molar-refractivity contribution is 6.17. The maximum Gasteiger partial charge on any atom is 0.338 e. The van der Waals surface area contributed by atoms with Crippen molar-refractivity contribution in [1.82, 2.24) is 0 Å². The molecule has 0 unspecified atom stereocenters. The third kappa shape index (κ3) is 3.78. The Kier molecular flexibility index (Phi) is 4.87. The van der Waals surface area contributed by atoms with Gasteiger partial charge in [-0.1, -0.05) is 61.2 Å². The molecule has 0 aliphatic carbocycles. The van der Waals surface area contributed by atoms with Crippen LogP contribution in [0, 0.1) is 0 Å². The van der Waals surface area contributed by atoms with E-state index in [1.807, 2.05) is 42.5 Å². The fourth-order valence-corrected chi connectivity index (χ4v) is 1.96. The summed E-state index contributed by atoms with van der Waals surface area (Å²) in [5.41, 5.74) is 2.66. The van der Waals surface area contributed by atoms with E-state index in [1.165, 1.54) is 0 Å². The predicted octanol–water partition coefficient (Wildman–Crippen LogP) is 2.22. The van der Waals surface area contributed by atoms with Crippen molar-refractivity contribution in [1.29, 1.82) is 0 Å². The number of hydrogen-bond donors (Lipinski definition) is 2. The zero-order valence-corrected chi connectivity index (χ0v) is 11.4. The molecular weight excluding hydrogens is 268 g/mol. The average molecular weight is 284 g/mol. The topological polar surface area (TPSA) is 66.8 Å². The standard InChI is InChI=1S/C17H16O4/c1-12(17(20)21-11-16(18)19)14-9-5-6-10-15(14)13-7-3-2-4-8-13/h2-10,16,18-19H,1,11H2. The number of carbonyl (C=O) groups excluding carboxylic acids is 1. The minimum Gasteiger partial charge on any atom is -0.457 e. The molecule has 0 saturated heterocycles. The van der Waals surface area contributed by atoms with Crippen LogP contribution >= 0.6 is 0 Å². The summed E-state index contributed by atoms with van der Waals surface area (Å²) in [6, 6.07) is 17.0. The lowest BCUT2D eigenvalue weighted by Crippen LogP contribution is -2.18. The highest BCUT2D eigenvalue weighted by atomic mass is 16.6. The quantitative estimate of drug-likeness (QED) is 0.502. The van der Waals surface area contributed by atoms with Crippen LogP contribution in [0.1, 0.15) is 5.56 Å². The molecule has 2 N–H and O–H groups in total. The number of aliphatic hydroxyl groups excluding tert-OH is 1. The summed E-state index contributed by atoms with van der Waals surface area (Å²) in [7, 11) is 0. The Morgan fingerprint density at radius 1 is 1.05 bits per heavy atom. The first-order valence-corrected chi connectivity index (χ1v) is 6.46. The molecule has 0 atom stereocenters. The molecule has 21 heavy (non-hydrogen) atoms. The molecule has 4 heteroatoms. The molecule has 0 radical (unpaired) electrons. The smallest absolute Gasteiger partial charge is 0.338 e. The van der Waals surface area contributed by atoms with Gasteiger partial charge in [0.1, 0.15) is 6.61 Å². The van der Waals surface area contributed by atoms with Crippen LogP contribution in [-0.2, 0) is 9.53 Å². The van der Waals surface area contributed by atoms with Crippen molar-refractivity contribution >= 4 is 11.5 Å². The number of aliphatic hydroxyl groups is 2. The van der Waals surface area contributed by atoms with Crippen molar-refractivity contribution in [3.05, 3.63) is 66.7 Å². The van der Waals surface area contributed by atoms with Crippen LogP contribution in [0.15, 0.2) is 61.2 Å². The van der Waals surface area contributed by atoms with Gasteiger partial charge in [-0.15, -0.1) is 0 Å². The van der Waals surface area contributed by atoms with E-state index in [0.29, 0.717) is 5.56 Å². The lowest BCUT2D eigenvalue weighted by atomic mass is 9.95. The number of carbonyl (C=O) groups is 1. The van der Waals surface area contributed by atoms with Gasteiger partial charge in [0, 0.05) is 0 Å². The van der Waals surface area contributed by atoms with Gasteiger partial charge in [-0.2, -0.15) is 0 Å². The van der Waals surface area contributed by atoms with Crippen LogP contribution in [0.5, 0.6) is 0 Å². The molecule has 0 fully saturated rings. The minimum atomic E-state index is -1.69. The highest BCUT2D eigenvalue weighted by Crippen LogP contribution is 2.28. The average Bonchev–Trinajstić information content (AvgIpc) is 2.52. The monoisotopic (exact) mass is 284 g/mol. The van der Waals surface area contributed by atoms with Crippen molar-refractivity contribution < 1.29 is 19.7 Å². The summed E-state index contributed by atoms with van der Waals surface area (Å²) < 4.78 is 4.77. The second-order valence-corrected chi connectivity index (χ2v) is 4.47. The van der Waals surface area contributed by atoms with Gasteiger partial charge in [-0.05, 0) is 16.7 Å². The third-order valence-electron chi connectivity index (χ3n) is 2.95. The molecule has 0 aromatic heterocycles. The number of benzene rings is 2. The molecule has 108 valence electrons. The maximum atomic E-state index is 11.9. The van der Waals surface area contributed by atoms with E-state index < -0.39 is 18.9 Å². The van der Waals surface area contributed by atoms with Gasteiger partial charge in [0.25, 0.3) is 0 Å². The van der Waals surface area contributed by atoms with Gasteiger partial charge in [0.2, 0.25) is 0 Å². The predicted molar refractivity (Wildman–Crippen MR) is 80.1 cm³/mol. The maximum absolute atomic E-state index is 11.9. The van der Waals surface area contributed by atoms with Gasteiger partial charge in [0.15, 0.2) is 6.29 Å². The largest absolute Gasteiger partial charge is 0.457 e. The SMILES string of the molecule is C=C(C(=O)OCC(O)O)c1ccccc1-c1ccccc1. The van der Waals surface area contributed by atoms with Crippen molar-refractivity contribution in [3.8, 4) is 11.1 Å². The Bertz CT molecular complexity index is 632. The van der Waals surface area contributed by atoms with E-state index in [2.05, 4.69) is 6.58 Å². The van der Waals surface area contributed by atoms with Crippen molar-refractivity contribution in [3.63, 3.8) is 0 Å². The van der Waals surface area contributed by atoms with Crippen molar-refractivity contribution in [2.24, 2.45) is 0 Å². The number of hydrogen-bond acceptors (Lipinski definition) is 4. The first-order valence-electron chi connectivity index (χ1n) is 6.46. The first kappa shape index (κ1) is 15.0. The van der Waals surface area contributed by atoms with Crippen LogP contribution in [-0.4, -0.2) is 29.1 Å². The van der Waals surface area contributed by atoms with Crippen LogP contribution in [0.3, 0.4) is 0 Å². The summed E-state index contributed by atoms with van der Waals surface area (Å²) in [5, 5.41) is 17.5. The fourth-order valence-electron chi connectivity index (χ4n) is 1.96. The molecule has 2 aromatic rings. The Morgan fingerprint density at radius 3 is 2.33 bits per heavy atom. The molecule has 0 spiro atoms. The Morgan fingerprint density at radius 2 is 1.67 bits per heavy atom. The van der Waals surface area contributed by atoms with Crippen molar-refractivity contribution in [2.45, 2.75) is 6.29 Å². The van der Waals surface area contributed by atoms with E-state index in [4.69, 9.17) is 14.9 Å². The Balaban J connectivity index is 2.28. The van der Waals surface area contributed by atoms with Gasteiger partial charge >= 0.3 is 5.97 Å². The third-order valence-corrected chi connectivity index (χ3v) is 2.95. The van der Waals surface area contributed by atoms with E-state index in [9.17, 15) is 4.79 Å². The molecule has 2 rings (SSSR count). The highest BCUT2D eigenvalue weighted by Gasteiger charge is 2.16. The molecule has 0 aliphatic heterocycles. The fraction of sp³-hybridized carbons (Fsp3) is 0.118. The van der Waals surface area contributed by atoms with Gasteiger partial charge in [-0.25, -0.2) is 4.79 Å². The van der Waals surface area contributed by atoms with Crippen molar-refractivity contribution in [2.75, 3.05) is 6.61 Å². The number of esters is 1. The normalized spacial score (nSPS) is 10.4. The second kappa shape index (κ2) is 6.83. The lowest BCUT2D eigenvalue weighted by molar-refractivity contribution is -0.149. The van der Waals surface area contributed by atoms with Gasteiger partial charge in [-0.3, -0.25) is 0 Å². The molecule has 4 nitrogen and oxygen atoms in total. The Labute approximate surface area is 122 Å². The zero-order chi connectivity index (χ0) is 15.2. The van der Waals surface area contributed by atoms with Crippen LogP contribution < -0.4 is 0 Å². The van der Waals surface area contributed by atoms with Crippen LogP contribution in [0.4, 0.5) is 0 Å². The molecule has 2 aromatic carbocycles. The molecule has 0 bridgehead atoms. The summed E-state index contributed by atoms with van der Waals surface area (Å²) >= 11 is 0. The zero-order valence-electron chi connectivity index (χ0n) is 11.4. The molecular formula is C17H16O4. The lowest BCUT2D eigenvalue weighted by Gasteiger charge is -2.12. The number of ether oxygens (including phenoxy) is 1. The van der Waals surface area contributed by atoms with Crippen LogP contribution in [0.25, 0.3) is 16.7 Å². The summed E-state index contributed by atoms with van der Waals surface area (Å²) in [5.74, 6) is -0.675. The second-order valence-electron chi connectivity index (χ2n) is 4.47. The number of rotatable bonds is 5. The van der Waals surface area contributed by atoms with Gasteiger partial charge in [0.05, 0.1) is 5.57 Å². The summed E-state index contributed by atoms with van der Waals surface area (Å²) in [6.45, 7) is 3.27. The Hall–Kier alpha value is -2.43. The van der Waals surface area contributed by atoms with E-state index >= 15 is 0 Å². The minimum absolute atomic E-state index is 0.176. The molecule has 0 saturated carbocycles. The molecule has 0 amide bonds. The van der Waals surface area contributed by atoms with E-state index in [0.717, 1.165) is 11.1 Å². The van der Waals surface area contributed by atoms with Crippen LogP contribution in [0.2, 0.25) is 0 Å². The van der Waals surface area contributed by atoms with E-state index in [-0.39, 0.29) is 5.57 Å². The first-order chi connectivity index (χ1) is 10.1.